The number of hydrogen-bond donors (Lipinski definition) is 1. The quantitative estimate of drug-likeness (QED) is 0.0723. The second-order valence-corrected chi connectivity index (χ2v) is 9.91. The maximum atomic E-state index is 12.6. The summed E-state index contributed by atoms with van der Waals surface area (Å²) in [4.78, 5) is 23.2. The van der Waals surface area contributed by atoms with Gasteiger partial charge in [0.2, 0.25) is 17.5 Å². The fraction of sp³-hybridized carbons (Fsp3) is 0.467. The molecule has 1 atom stereocenters. The summed E-state index contributed by atoms with van der Waals surface area (Å²) < 4.78 is 53.4. The normalized spacial score (nSPS) is 11.6. The lowest BCUT2D eigenvalue weighted by Gasteiger charge is -2.17. The van der Waals surface area contributed by atoms with Crippen molar-refractivity contribution >= 4 is 35.9 Å². The van der Waals surface area contributed by atoms with Gasteiger partial charge in [-0.3, -0.25) is 9.59 Å². The molecule has 0 radical (unpaired) electrons. The van der Waals surface area contributed by atoms with Crippen LogP contribution in [0.3, 0.4) is 0 Å². The molecule has 2 rings (SSSR count). The van der Waals surface area contributed by atoms with Crippen LogP contribution in [-0.4, -0.2) is 18.4 Å². The van der Waals surface area contributed by atoms with Gasteiger partial charge in [-0.05, 0) is 48.8 Å². The van der Waals surface area contributed by atoms with Gasteiger partial charge in [-0.2, -0.15) is 4.39 Å². The average molecular weight is 570 g/mol. The second-order valence-electron chi connectivity index (χ2n) is 9.00. The van der Waals surface area contributed by atoms with Gasteiger partial charge in [0.25, 0.3) is 6.47 Å². The molecule has 0 spiro atoms. The minimum atomic E-state index is -2.02. The zero-order chi connectivity index (χ0) is 29.2. The van der Waals surface area contributed by atoms with Crippen molar-refractivity contribution in [1.82, 2.24) is 5.32 Å². The van der Waals surface area contributed by atoms with Crippen LogP contribution in [0.5, 0.6) is 5.75 Å². The summed E-state index contributed by atoms with van der Waals surface area (Å²) in [5.41, 5.74) is 2.51. The lowest BCUT2D eigenvalue weighted by Crippen LogP contribution is -2.35. The fourth-order valence-corrected chi connectivity index (χ4v) is 4.93. The highest BCUT2D eigenvalue weighted by molar-refractivity contribution is 7.11. The van der Waals surface area contributed by atoms with E-state index in [1.165, 1.54) is 54.5 Å². The van der Waals surface area contributed by atoms with Crippen LogP contribution in [0.2, 0.25) is 0 Å². The molecule has 1 unspecified atom stereocenters. The fourth-order valence-electron chi connectivity index (χ4n) is 3.88. The predicted octanol–water partition coefficient (Wildman–Crippen LogP) is 8.78. The summed E-state index contributed by atoms with van der Waals surface area (Å²) in [6, 6.07) is 0.445. The van der Waals surface area contributed by atoms with Gasteiger partial charge < -0.3 is 10.1 Å². The SMILES string of the molecule is C=Cc1c(CC(CC)NC(=O)CCCCCCCCC)csc1/C=C\C.O=COc1cc(F)c(F)c(F)c1F. The Labute approximate surface area is 233 Å². The summed E-state index contributed by atoms with van der Waals surface area (Å²) in [6.07, 6.45) is 17.3. The van der Waals surface area contributed by atoms with Gasteiger partial charge in [0, 0.05) is 23.4 Å². The first-order chi connectivity index (χ1) is 18.7. The molecule has 1 N–H and O–H groups in total. The first-order valence-electron chi connectivity index (χ1n) is 13.3. The van der Waals surface area contributed by atoms with E-state index in [1.54, 1.807) is 11.3 Å². The highest BCUT2D eigenvalue weighted by atomic mass is 32.1. The van der Waals surface area contributed by atoms with E-state index in [1.807, 2.05) is 13.0 Å². The summed E-state index contributed by atoms with van der Waals surface area (Å²) >= 11 is 1.75. The molecule has 216 valence electrons. The van der Waals surface area contributed by atoms with Gasteiger partial charge in [-0.15, -0.1) is 11.3 Å². The summed E-state index contributed by atoms with van der Waals surface area (Å²) in [6.45, 7) is 10.2. The highest BCUT2D eigenvalue weighted by Gasteiger charge is 2.19. The molecule has 0 aliphatic rings. The van der Waals surface area contributed by atoms with Crippen molar-refractivity contribution in [3.63, 3.8) is 0 Å². The van der Waals surface area contributed by atoms with E-state index in [4.69, 9.17) is 0 Å². The molecule has 2 aromatic rings. The van der Waals surface area contributed by atoms with Gasteiger partial charge in [-0.25, -0.2) is 13.2 Å². The smallest absolute Gasteiger partial charge is 0.298 e. The Balaban J connectivity index is 0.000000487. The number of thiophene rings is 1. The van der Waals surface area contributed by atoms with Crippen LogP contribution in [0.15, 0.2) is 24.1 Å². The largest absolute Gasteiger partial charge is 0.425 e. The van der Waals surface area contributed by atoms with Crippen LogP contribution in [0.25, 0.3) is 12.2 Å². The highest BCUT2D eigenvalue weighted by Crippen LogP contribution is 2.27. The number of unbranched alkanes of at least 4 members (excludes halogenated alkanes) is 6. The van der Waals surface area contributed by atoms with Crippen LogP contribution in [0.4, 0.5) is 17.6 Å². The van der Waals surface area contributed by atoms with Gasteiger partial charge in [0.1, 0.15) is 0 Å². The summed E-state index contributed by atoms with van der Waals surface area (Å²) in [5.74, 6) is -8.13. The molecule has 1 aromatic carbocycles. The molecule has 0 bridgehead atoms. The average Bonchev–Trinajstić information content (AvgIpc) is 3.31. The van der Waals surface area contributed by atoms with Crippen molar-refractivity contribution in [2.75, 3.05) is 0 Å². The zero-order valence-electron chi connectivity index (χ0n) is 23.0. The van der Waals surface area contributed by atoms with Gasteiger partial charge >= 0.3 is 0 Å². The number of nitrogens with one attached hydrogen (secondary N) is 1. The van der Waals surface area contributed by atoms with Crippen molar-refractivity contribution < 1.29 is 31.9 Å². The number of ether oxygens (including phenoxy) is 1. The molecule has 0 aliphatic heterocycles. The maximum absolute atomic E-state index is 12.6. The Morgan fingerprint density at radius 2 is 1.72 bits per heavy atom. The molecule has 0 saturated carbocycles. The topological polar surface area (TPSA) is 55.4 Å². The number of halogens is 4. The number of allylic oxidation sites excluding steroid dienone is 1. The van der Waals surface area contributed by atoms with E-state index in [2.05, 4.69) is 48.0 Å². The van der Waals surface area contributed by atoms with Crippen LogP contribution >= 0.6 is 11.3 Å². The van der Waals surface area contributed by atoms with Crippen LogP contribution in [0.1, 0.15) is 94.6 Å². The summed E-state index contributed by atoms with van der Waals surface area (Å²) in [7, 11) is 0. The van der Waals surface area contributed by atoms with Crippen LogP contribution < -0.4 is 10.1 Å². The number of rotatable bonds is 16. The Bertz CT molecular complexity index is 1080. The van der Waals surface area contributed by atoms with Crippen molar-refractivity contribution in [2.45, 2.75) is 91.0 Å². The zero-order valence-corrected chi connectivity index (χ0v) is 23.8. The molecule has 1 heterocycles. The van der Waals surface area contributed by atoms with E-state index < -0.39 is 29.0 Å². The predicted molar refractivity (Wildman–Crippen MR) is 151 cm³/mol. The molecule has 0 fully saturated rings. The number of hydrogen-bond acceptors (Lipinski definition) is 4. The minimum absolute atomic E-state index is 0.203. The van der Waals surface area contributed by atoms with Gasteiger partial charge in [0.05, 0.1) is 0 Å². The molecule has 4 nitrogen and oxygen atoms in total. The van der Waals surface area contributed by atoms with E-state index >= 15 is 0 Å². The maximum Gasteiger partial charge on any atom is 0.298 e. The number of carbonyl (C=O) groups excluding carboxylic acids is 2. The Kier molecular flexibility index (Phi) is 16.8. The molecule has 1 amide bonds. The van der Waals surface area contributed by atoms with Gasteiger partial charge in [0.15, 0.2) is 17.4 Å². The first-order valence-corrected chi connectivity index (χ1v) is 14.2. The third-order valence-electron chi connectivity index (χ3n) is 6.04. The number of benzene rings is 1. The molecule has 0 saturated heterocycles. The lowest BCUT2D eigenvalue weighted by molar-refractivity contribution is -0.122. The standard InChI is InChI=1S/C23H37NOS.C7H2F4O2/c1-5-9-10-11-12-13-14-16-23(25)24-20(7-3)17-19-18-26-22(15-6-2)21(19)8-4;8-3-1-4(13-2-12)6(10)7(11)5(3)9/h6,8,15,18,20H,4-5,7,9-14,16-17H2,1-3H3,(H,24,25);1-2H/b15-6-;. The van der Waals surface area contributed by atoms with E-state index in [9.17, 15) is 27.2 Å². The monoisotopic (exact) mass is 569 g/mol. The number of carbonyl (C=O) groups is 2. The van der Waals surface area contributed by atoms with E-state index in [0.29, 0.717) is 6.42 Å². The van der Waals surface area contributed by atoms with E-state index in [0.717, 1.165) is 19.3 Å². The molecule has 0 aliphatic carbocycles. The van der Waals surface area contributed by atoms with E-state index in [-0.39, 0.29) is 24.5 Å². The third-order valence-corrected chi connectivity index (χ3v) is 7.05. The Hall–Kier alpha value is -2.94. The molecular weight excluding hydrogens is 530 g/mol. The molecule has 1 aromatic heterocycles. The van der Waals surface area contributed by atoms with Gasteiger partial charge in [-0.1, -0.05) is 71.1 Å². The first kappa shape index (κ1) is 34.1. The Morgan fingerprint density at radius 3 is 2.31 bits per heavy atom. The van der Waals surface area contributed by atoms with Crippen molar-refractivity contribution in [3.8, 4) is 5.75 Å². The minimum Gasteiger partial charge on any atom is -0.425 e. The Morgan fingerprint density at radius 1 is 1.05 bits per heavy atom. The van der Waals surface area contributed by atoms with Crippen LogP contribution in [0, 0.1) is 23.3 Å². The molecule has 9 heteroatoms. The molecular formula is C30H39F4NO3S. The number of amides is 1. The van der Waals surface area contributed by atoms with Crippen molar-refractivity contribution in [1.29, 1.82) is 0 Å². The summed E-state index contributed by atoms with van der Waals surface area (Å²) in [5, 5.41) is 5.44. The van der Waals surface area contributed by atoms with Crippen molar-refractivity contribution in [2.24, 2.45) is 0 Å². The molecule has 39 heavy (non-hydrogen) atoms. The lowest BCUT2D eigenvalue weighted by atomic mass is 10.0. The second kappa shape index (κ2) is 19.2. The third kappa shape index (κ3) is 11.8. The van der Waals surface area contributed by atoms with Crippen LogP contribution in [-0.2, 0) is 16.0 Å². The van der Waals surface area contributed by atoms with Crippen molar-refractivity contribution in [3.05, 3.63) is 63.4 Å².